The molecule has 5 nitrogen and oxygen atoms in total. The van der Waals surface area contributed by atoms with Crippen molar-refractivity contribution in [2.24, 2.45) is 0 Å². The van der Waals surface area contributed by atoms with Crippen molar-refractivity contribution in [2.75, 3.05) is 11.9 Å². The first-order chi connectivity index (χ1) is 14.2. The van der Waals surface area contributed by atoms with E-state index in [2.05, 4.69) is 21.2 Å². The molecule has 1 heterocycles. The Morgan fingerprint density at radius 1 is 1.03 bits per heavy atom. The summed E-state index contributed by atoms with van der Waals surface area (Å²) in [7, 11) is 1.51. The summed E-state index contributed by atoms with van der Waals surface area (Å²) in [5.74, 6) is -0.807. The summed E-state index contributed by atoms with van der Waals surface area (Å²) in [6.45, 7) is 0.0358. The lowest BCUT2D eigenvalue weighted by atomic mass is 10.1. The number of halogens is 4. The lowest BCUT2D eigenvalue weighted by molar-refractivity contribution is -0.137. The number of rotatable bonds is 5. The van der Waals surface area contributed by atoms with Gasteiger partial charge >= 0.3 is 6.18 Å². The van der Waals surface area contributed by atoms with Gasteiger partial charge in [-0.05, 0) is 57.9 Å². The molecular formula is C21H16BrF3N2O3. The van der Waals surface area contributed by atoms with Crippen LogP contribution in [-0.2, 0) is 12.7 Å². The summed E-state index contributed by atoms with van der Waals surface area (Å²) in [5.41, 5.74) is 0.358. The molecule has 0 aliphatic carbocycles. The standard InChI is InChI=1S/C21H16BrF3N2O3/c1-27(20(29)17-10-11-18(22)30-17)16-5-3-2-4-15(16)19(28)26-12-13-6-8-14(9-7-13)21(23,24)25/h2-11H,12H2,1H3,(H,26,28). The third-order valence-electron chi connectivity index (χ3n) is 4.33. The van der Waals surface area contributed by atoms with Crippen LogP contribution in [0.2, 0.25) is 0 Å². The second kappa shape index (κ2) is 8.74. The zero-order chi connectivity index (χ0) is 21.9. The molecule has 0 saturated carbocycles. The maximum absolute atomic E-state index is 12.7. The molecule has 1 aromatic heterocycles. The van der Waals surface area contributed by atoms with E-state index in [1.165, 1.54) is 30.1 Å². The van der Waals surface area contributed by atoms with E-state index in [1.807, 2.05) is 0 Å². The molecule has 0 aliphatic rings. The topological polar surface area (TPSA) is 62.6 Å². The Morgan fingerprint density at radius 3 is 2.30 bits per heavy atom. The number of hydrogen-bond acceptors (Lipinski definition) is 3. The van der Waals surface area contributed by atoms with Crippen molar-refractivity contribution in [2.45, 2.75) is 12.7 Å². The Kier molecular flexibility index (Phi) is 6.31. The molecule has 9 heteroatoms. The van der Waals surface area contributed by atoms with Gasteiger partial charge in [0.2, 0.25) is 0 Å². The minimum Gasteiger partial charge on any atom is -0.444 e. The number of nitrogens with one attached hydrogen (secondary N) is 1. The van der Waals surface area contributed by atoms with Gasteiger partial charge in [0.25, 0.3) is 11.8 Å². The molecule has 0 aliphatic heterocycles. The summed E-state index contributed by atoms with van der Waals surface area (Å²) in [5, 5.41) is 2.66. The fourth-order valence-electron chi connectivity index (χ4n) is 2.75. The number of para-hydroxylation sites is 1. The third kappa shape index (κ3) is 4.91. The largest absolute Gasteiger partial charge is 0.444 e. The molecule has 0 atom stereocenters. The monoisotopic (exact) mass is 480 g/mol. The maximum Gasteiger partial charge on any atom is 0.416 e. The van der Waals surface area contributed by atoms with Gasteiger partial charge in [-0.3, -0.25) is 9.59 Å². The Morgan fingerprint density at radius 2 is 1.70 bits per heavy atom. The van der Waals surface area contributed by atoms with Crippen LogP contribution >= 0.6 is 15.9 Å². The number of nitrogens with zero attached hydrogens (tertiary/aromatic N) is 1. The molecule has 1 N–H and O–H groups in total. The SMILES string of the molecule is CN(C(=O)c1ccc(Br)o1)c1ccccc1C(=O)NCc1ccc(C(F)(F)F)cc1. The second-order valence-electron chi connectivity index (χ2n) is 6.36. The highest BCUT2D eigenvalue weighted by Crippen LogP contribution is 2.29. The predicted octanol–water partition coefficient (Wildman–Crippen LogP) is 5.27. The molecular weight excluding hydrogens is 465 g/mol. The minimum atomic E-state index is -4.42. The molecule has 0 radical (unpaired) electrons. The van der Waals surface area contributed by atoms with Gasteiger partial charge in [-0.2, -0.15) is 13.2 Å². The van der Waals surface area contributed by atoms with Gasteiger partial charge in [-0.1, -0.05) is 24.3 Å². The number of carbonyl (C=O) groups excluding carboxylic acids is 2. The van der Waals surface area contributed by atoms with Crippen molar-refractivity contribution in [3.63, 3.8) is 0 Å². The lowest BCUT2D eigenvalue weighted by Gasteiger charge is -2.19. The summed E-state index contributed by atoms with van der Waals surface area (Å²) in [6.07, 6.45) is -4.42. The maximum atomic E-state index is 12.7. The van der Waals surface area contributed by atoms with Gasteiger partial charge in [0.15, 0.2) is 10.4 Å². The normalized spacial score (nSPS) is 11.2. The van der Waals surface area contributed by atoms with Crippen LogP contribution < -0.4 is 10.2 Å². The predicted molar refractivity (Wildman–Crippen MR) is 108 cm³/mol. The molecule has 0 unspecified atom stereocenters. The number of alkyl halides is 3. The molecule has 156 valence electrons. The van der Waals surface area contributed by atoms with Crippen molar-refractivity contribution >= 4 is 33.4 Å². The van der Waals surface area contributed by atoms with Crippen LogP contribution in [0.1, 0.15) is 32.0 Å². The Balaban J connectivity index is 1.73. The van der Waals surface area contributed by atoms with Crippen LogP contribution in [0.4, 0.5) is 18.9 Å². The van der Waals surface area contributed by atoms with Crippen molar-refractivity contribution in [1.29, 1.82) is 0 Å². The zero-order valence-corrected chi connectivity index (χ0v) is 17.3. The van der Waals surface area contributed by atoms with Crippen molar-refractivity contribution < 1.29 is 27.2 Å². The quantitative estimate of drug-likeness (QED) is 0.541. The van der Waals surface area contributed by atoms with E-state index >= 15 is 0 Å². The highest BCUT2D eigenvalue weighted by Gasteiger charge is 2.30. The van der Waals surface area contributed by atoms with Gasteiger partial charge in [-0.15, -0.1) is 0 Å². The number of anilines is 1. The molecule has 0 spiro atoms. The van der Waals surface area contributed by atoms with Crippen LogP contribution in [0.25, 0.3) is 0 Å². The third-order valence-corrected chi connectivity index (χ3v) is 4.76. The lowest BCUT2D eigenvalue weighted by Crippen LogP contribution is -2.30. The van der Waals surface area contributed by atoms with Crippen LogP contribution in [0.15, 0.2) is 69.8 Å². The molecule has 2 aromatic carbocycles. The van der Waals surface area contributed by atoms with Crippen LogP contribution in [0.5, 0.6) is 0 Å². The number of furan rings is 1. The van der Waals surface area contributed by atoms with Crippen LogP contribution in [-0.4, -0.2) is 18.9 Å². The molecule has 0 bridgehead atoms. The van der Waals surface area contributed by atoms with E-state index in [-0.39, 0.29) is 17.9 Å². The van der Waals surface area contributed by atoms with Gasteiger partial charge in [0.1, 0.15) is 0 Å². The highest BCUT2D eigenvalue weighted by molar-refractivity contribution is 9.10. The Hall–Kier alpha value is -3.07. The first-order valence-electron chi connectivity index (χ1n) is 8.73. The average molecular weight is 481 g/mol. The van der Waals surface area contributed by atoms with Gasteiger partial charge < -0.3 is 14.6 Å². The summed E-state index contributed by atoms with van der Waals surface area (Å²) >= 11 is 3.14. The first-order valence-corrected chi connectivity index (χ1v) is 9.53. The van der Waals surface area contributed by atoms with E-state index in [4.69, 9.17) is 4.42 Å². The summed E-state index contributed by atoms with van der Waals surface area (Å²) in [4.78, 5) is 26.6. The van der Waals surface area contributed by atoms with Crippen LogP contribution in [0, 0.1) is 0 Å². The second-order valence-corrected chi connectivity index (χ2v) is 7.14. The smallest absolute Gasteiger partial charge is 0.416 e. The molecule has 30 heavy (non-hydrogen) atoms. The van der Waals surface area contributed by atoms with Gasteiger partial charge in [0, 0.05) is 13.6 Å². The number of benzene rings is 2. The van der Waals surface area contributed by atoms with Crippen molar-refractivity contribution in [1.82, 2.24) is 5.32 Å². The molecule has 2 amide bonds. The van der Waals surface area contributed by atoms with Crippen molar-refractivity contribution in [3.05, 3.63) is 87.8 Å². The fraction of sp³-hybridized carbons (Fsp3) is 0.143. The van der Waals surface area contributed by atoms with Gasteiger partial charge in [-0.25, -0.2) is 0 Å². The summed E-state index contributed by atoms with van der Waals surface area (Å²) < 4.78 is 43.6. The number of amides is 2. The van der Waals surface area contributed by atoms with E-state index in [0.29, 0.717) is 15.9 Å². The first kappa shape index (κ1) is 21.6. The fourth-order valence-corrected chi connectivity index (χ4v) is 3.06. The summed E-state index contributed by atoms with van der Waals surface area (Å²) in [6, 6.07) is 14.1. The zero-order valence-electron chi connectivity index (χ0n) is 15.7. The van der Waals surface area contributed by atoms with Crippen molar-refractivity contribution in [3.8, 4) is 0 Å². The average Bonchev–Trinajstić information content (AvgIpc) is 3.17. The molecule has 3 aromatic rings. The Bertz CT molecular complexity index is 1060. The van der Waals surface area contributed by atoms with E-state index in [1.54, 1.807) is 30.3 Å². The molecule has 3 rings (SSSR count). The van der Waals surface area contributed by atoms with Crippen LogP contribution in [0.3, 0.4) is 0 Å². The minimum absolute atomic E-state index is 0.0358. The van der Waals surface area contributed by atoms with E-state index in [0.717, 1.165) is 12.1 Å². The van der Waals surface area contributed by atoms with E-state index < -0.39 is 23.6 Å². The molecule has 0 fully saturated rings. The molecule has 0 saturated heterocycles. The highest BCUT2D eigenvalue weighted by atomic mass is 79.9. The van der Waals surface area contributed by atoms with Gasteiger partial charge in [0.05, 0.1) is 16.8 Å². The number of carbonyl (C=O) groups is 2. The van der Waals surface area contributed by atoms with E-state index in [9.17, 15) is 22.8 Å². The Labute approximate surface area is 178 Å². The number of hydrogen-bond donors (Lipinski definition) is 1.